The van der Waals surface area contributed by atoms with Gasteiger partial charge in [-0.2, -0.15) is 79.0 Å². The molecule has 337 valence electrons. The zero-order valence-electron chi connectivity index (χ0n) is 33.0. The van der Waals surface area contributed by atoms with Gasteiger partial charge in [-0.3, -0.25) is 0 Å². The summed E-state index contributed by atoms with van der Waals surface area (Å²) in [5, 5.41) is 1.55. The third-order valence-electron chi connectivity index (χ3n) is 12.5. The maximum atomic E-state index is 14.1. The zero-order chi connectivity index (χ0) is 47.2. The van der Waals surface area contributed by atoms with E-state index in [1.807, 2.05) is 46.4 Å². The largest absolute Gasteiger partial charge is 0.416 e. The van der Waals surface area contributed by atoms with E-state index >= 15 is 0 Å². The van der Waals surface area contributed by atoms with Gasteiger partial charge in [0.25, 0.3) is 10.8 Å². The van der Waals surface area contributed by atoms with Crippen molar-refractivity contribution in [3.05, 3.63) is 129 Å². The van der Waals surface area contributed by atoms with Crippen LogP contribution in [0, 0.1) is 12.3 Å². The molecule has 0 saturated heterocycles. The van der Waals surface area contributed by atoms with E-state index in [1.54, 1.807) is 12.1 Å². The third kappa shape index (κ3) is 6.26. The van der Waals surface area contributed by atoms with Crippen LogP contribution in [0.3, 0.4) is 0 Å². The molecule has 0 saturated carbocycles. The van der Waals surface area contributed by atoms with Gasteiger partial charge in [-0.1, -0.05) is 117 Å². The Bertz CT molecular complexity index is 2480. The highest BCUT2D eigenvalue weighted by Gasteiger charge is 2.85. The smallest absolute Gasteiger partial charge is 0.169 e. The van der Waals surface area contributed by atoms with Gasteiger partial charge in [-0.25, -0.2) is 0 Å². The first-order chi connectivity index (χ1) is 28.6. The summed E-state index contributed by atoms with van der Waals surface area (Å²) >= 11 is 0. The van der Waals surface area contributed by atoms with E-state index in [0.29, 0.717) is 38.6 Å². The molecule has 0 fully saturated rings. The Kier molecular flexibility index (Phi) is 10.2. The highest BCUT2D eigenvalue weighted by molar-refractivity contribution is 7.08. The molecule has 1 atom stereocenters. The van der Waals surface area contributed by atoms with E-state index in [1.165, 1.54) is 12.1 Å². The van der Waals surface area contributed by atoms with Crippen molar-refractivity contribution in [2.24, 2.45) is 5.92 Å². The Morgan fingerprint density at radius 3 is 1.37 bits per heavy atom. The number of halogens is 18. The number of hydrogen-bond acceptors (Lipinski definition) is 0. The number of rotatable bonds is 6. The van der Waals surface area contributed by atoms with Gasteiger partial charge in [0, 0.05) is 12.3 Å². The van der Waals surface area contributed by atoms with Crippen LogP contribution in [-0.2, 0) is 10.8 Å². The van der Waals surface area contributed by atoms with E-state index in [2.05, 4.69) is 0 Å². The first kappa shape index (κ1) is 46.3. The standard InChI is InChI=1S/C44H31F18Si/c1-20(2)29-19-30-27(22-9-13-25(14-10-22)37(39(45,46)47,40(48,49)50)41(51,52)53)7-6-8-28(30)34(29)31-18-24-17-21(3)35-33(24)32(36(31)63(35,4)5)23-11-15-26(16-12-23)38(42(54,55)56,43(57,58)59)44(60,61)62/h6-20,34H,1-5H3. The lowest BCUT2D eigenvalue weighted by Crippen LogP contribution is -2.63. The molecule has 2 aliphatic carbocycles. The van der Waals surface area contributed by atoms with Crippen LogP contribution in [-0.4, -0.2) is 45.1 Å². The Hall–Kier alpha value is -4.68. The molecule has 7 rings (SSSR count). The van der Waals surface area contributed by atoms with Crippen LogP contribution < -0.4 is 5.19 Å². The molecule has 0 spiro atoms. The topological polar surface area (TPSA) is 0 Å². The monoisotopic (exact) mass is 929 g/mol. The van der Waals surface area contributed by atoms with Gasteiger partial charge in [0.1, 0.15) is 8.07 Å². The van der Waals surface area contributed by atoms with Crippen molar-refractivity contribution in [3.63, 3.8) is 0 Å². The third-order valence-corrected chi connectivity index (χ3v) is 16.2. The molecular formula is C44H31F18Si. The van der Waals surface area contributed by atoms with E-state index < -0.39 is 73.0 Å². The normalized spacial score (nSPS) is 18.2. The van der Waals surface area contributed by atoms with Crippen molar-refractivity contribution in [2.75, 3.05) is 0 Å². The first-order valence-electron chi connectivity index (χ1n) is 18.8. The fourth-order valence-corrected chi connectivity index (χ4v) is 14.0. The summed E-state index contributed by atoms with van der Waals surface area (Å²) in [6.07, 6.45) is -37.4. The van der Waals surface area contributed by atoms with Crippen molar-refractivity contribution in [1.82, 2.24) is 0 Å². The van der Waals surface area contributed by atoms with Crippen LogP contribution in [0.4, 0.5) is 79.0 Å². The molecule has 1 aliphatic heterocycles. The maximum absolute atomic E-state index is 14.1. The highest BCUT2D eigenvalue weighted by atomic mass is 28.3. The second-order valence-electron chi connectivity index (χ2n) is 16.7. The van der Waals surface area contributed by atoms with Crippen LogP contribution in [0.25, 0.3) is 33.5 Å². The molecule has 0 aromatic heterocycles. The Morgan fingerprint density at radius 2 is 0.952 bits per heavy atom. The lowest BCUT2D eigenvalue weighted by atomic mass is 9.77. The van der Waals surface area contributed by atoms with E-state index in [9.17, 15) is 79.0 Å². The summed E-state index contributed by atoms with van der Waals surface area (Å²) in [6.45, 7) is 9.37. The Labute approximate surface area is 348 Å². The summed E-state index contributed by atoms with van der Waals surface area (Å²) in [5.74, 6) is -0.948. The molecule has 2 bridgehead atoms. The minimum atomic E-state index is -6.84. The second kappa shape index (κ2) is 13.9. The minimum Gasteiger partial charge on any atom is -0.169 e. The quantitative estimate of drug-likeness (QED) is 0.134. The molecule has 4 aromatic carbocycles. The van der Waals surface area contributed by atoms with Gasteiger partial charge in [-0.15, -0.1) is 0 Å². The fourth-order valence-electron chi connectivity index (χ4n) is 9.99. The molecule has 3 aliphatic rings. The number of fused-ring (bicyclic) bond motifs is 2. The summed E-state index contributed by atoms with van der Waals surface area (Å²) < 4.78 is 252. The van der Waals surface area contributed by atoms with Gasteiger partial charge in [0.15, 0.2) is 0 Å². The average Bonchev–Trinajstić information content (AvgIpc) is 3.71. The lowest BCUT2D eigenvalue weighted by Gasteiger charge is -2.39. The van der Waals surface area contributed by atoms with Crippen LogP contribution in [0.5, 0.6) is 0 Å². The molecule has 19 heteroatoms. The molecule has 1 unspecified atom stereocenters. The predicted molar refractivity (Wildman–Crippen MR) is 201 cm³/mol. The molecule has 0 nitrogen and oxygen atoms in total. The molecular weight excluding hydrogens is 899 g/mol. The summed E-state index contributed by atoms with van der Waals surface area (Å²) in [7, 11) is -2.91. The Balaban J connectivity index is 1.42. The summed E-state index contributed by atoms with van der Waals surface area (Å²) in [4.78, 5) is 0. The molecule has 0 N–H and O–H groups in total. The number of allylic oxidation sites excluding steroid dienone is 2. The first-order valence-corrected chi connectivity index (χ1v) is 21.8. The van der Waals surface area contributed by atoms with Crippen molar-refractivity contribution in [1.29, 1.82) is 0 Å². The molecule has 0 amide bonds. The van der Waals surface area contributed by atoms with E-state index in [-0.39, 0.29) is 46.9 Å². The number of benzene rings is 4. The maximum Gasteiger partial charge on any atom is 0.416 e. The SMILES string of the molecule is CC1=C2c3c(cc(C4C(C(C)C)=Cc5c(-c6ccc(C(C(F)(F)F)(C(F)(F)F)C(F)(F)F)cc6)cccc54)c(c3-c3ccc(C(C(F)(F)F)(C(F)(F)F)C(F)(F)F)cc3)[Si]2(C)C)[CH]1. The number of alkyl halides is 18. The highest BCUT2D eigenvalue weighted by Crippen LogP contribution is 2.63. The molecule has 63 heavy (non-hydrogen) atoms. The van der Waals surface area contributed by atoms with Crippen LogP contribution >= 0.6 is 0 Å². The van der Waals surface area contributed by atoms with Crippen molar-refractivity contribution >= 4 is 24.5 Å². The van der Waals surface area contributed by atoms with Gasteiger partial charge < -0.3 is 0 Å². The summed E-state index contributed by atoms with van der Waals surface area (Å²) in [5.41, 5.74) is -11.6. The minimum absolute atomic E-state index is 0.0324. The predicted octanol–water partition coefficient (Wildman–Crippen LogP) is 14.9. The fraction of sp³-hybridized carbons (Fsp3) is 0.341. The molecule has 1 radical (unpaired) electrons. The average molecular weight is 930 g/mol. The van der Waals surface area contributed by atoms with E-state index in [0.717, 1.165) is 40.6 Å². The lowest BCUT2D eigenvalue weighted by molar-refractivity contribution is -0.389. The second-order valence-corrected chi connectivity index (χ2v) is 20.9. The number of hydrogen-bond donors (Lipinski definition) is 0. The summed E-state index contributed by atoms with van der Waals surface area (Å²) in [6, 6.07) is 10.2. The van der Waals surface area contributed by atoms with Crippen LogP contribution in [0.15, 0.2) is 83.9 Å². The van der Waals surface area contributed by atoms with E-state index in [4.69, 9.17) is 0 Å². The van der Waals surface area contributed by atoms with Gasteiger partial charge in [0.2, 0.25) is 0 Å². The van der Waals surface area contributed by atoms with Gasteiger partial charge >= 0.3 is 37.1 Å². The zero-order valence-corrected chi connectivity index (χ0v) is 34.0. The van der Waals surface area contributed by atoms with Crippen LogP contribution in [0.1, 0.15) is 65.6 Å². The van der Waals surface area contributed by atoms with Gasteiger partial charge in [0.05, 0.1) is 0 Å². The Morgan fingerprint density at radius 1 is 0.524 bits per heavy atom. The van der Waals surface area contributed by atoms with Crippen molar-refractivity contribution in [3.8, 4) is 22.3 Å². The molecule has 4 aromatic rings. The molecule has 1 heterocycles. The van der Waals surface area contributed by atoms with Crippen LogP contribution in [0.2, 0.25) is 13.1 Å². The van der Waals surface area contributed by atoms with Gasteiger partial charge in [-0.05, 0) is 84.4 Å². The van der Waals surface area contributed by atoms with Crippen molar-refractivity contribution < 1.29 is 79.0 Å². The van der Waals surface area contributed by atoms with Crippen molar-refractivity contribution in [2.45, 2.75) is 87.7 Å².